The number of thiazole rings is 1. The first-order valence-electron chi connectivity index (χ1n) is 8.09. The fourth-order valence-electron chi connectivity index (χ4n) is 2.02. The van der Waals surface area contributed by atoms with Gasteiger partial charge >= 0.3 is 12.1 Å². The van der Waals surface area contributed by atoms with Gasteiger partial charge in [-0.1, -0.05) is 23.5 Å². The van der Waals surface area contributed by atoms with Gasteiger partial charge in [0.05, 0.1) is 10.2 Å². The molecule has 2 N–H and O–H groups in total. The minimum Gasteiger partial charge on any atom is -0.444 e. The maximum atomic E-state index is 11.9. The monoisotopic (exact) mass is 364 g/mol. The molecular weight excluding hydrogens is 340 g/mol. The van der Waals surface area contributed by atoms with Crippen molar-refractivity contribution in [2.75, 3.05) is 25.5 Å². The number of nitrogens with zero attached hydrogens (tertiary/aromatic N) is 2. The molecule has 3 amide bonds. The number of carbonyl (C=O) groups is 2. The van der Waals surface area contributed by atoms with E-state index in [4.69, 9.17) is 4.74 Å². The number of nitrogens with one attached hydrogen (secondary N) is 2. The lowest BCUT2D eigenvalue weighted by Gasteiger charge is -2.24. The molecule has 7 nitrogen and oxygen atoms in total. The Balaban J connectivity index is 1.69. The van der Waals surface area contributed by atoms with Gasteiger partial charge in [-0.15, -0.1) is 0 Å². The van der Waals surface area contributed by atoms with Crippen LogP contribution in [0.25, 0.3) is 10.2 Å². The second-order valence-corrected chi connectivity index (χ2v) is 7.65. The normalized spacial score (nSPS) is 11.2. The first-order chi connectivity index (χ1) is 11.7. The van der Waals surface area contributed by atoms with Crippen molar-refractivity contribution >= 4 is 38.8 Å². The van der Waals surface area contributed by atoms with Gasteiger partial charge in [0.15, 0.2) is 5.13 Å². The van der Waals surface area contributed by atoms with Crippen molar-refractivity contribution in [2.45, 2.75) is 32.8 Å². The molecule has 0 aliphatic rings. The lowest BCUT2D eigenvalue weighted by Crippen LogP contribution is -2.36. The summed E-state index contributed by atoms with van der Waals surface area (Å²) in [7, 11) is 1.68. The number of para-hydroxylation sites is 1. The first kappa shape index (κ1) is 19.0. The standard InChI is InChI=1S/C17H24N4O3S/c1-17(2,3)24-16(23)21(4)11-7-10-18-14(22)20-15-19-12-8-5-6-9-13(12)25-15/h5-6,8-9H,7,10-11H2,1-4H3,(H2,18,19,20,22). The Morgan fingerprint density at radius 3 is 2.68 bits per heavy atom. The second-order valence-electron chi connectivity index (χ2n) is 6.62. The van der Waals surface area contributed by atoms with Crippen LogP contribution in [-0.2, 0) is 4.74 Å². The number of ether oxygens (including phenoxy) is 1. The Morgan fingerprint density at radius 1 is 1.28 bits per heavy atom. The molecule has 1 aromatic carbocycles. The first-order valence-corrected chi connectivity index (χ1v) is 8.91. The summed E-state index contributed by atoms with van der Waals surface area (Å²) in [5.74, 6) is 0. The van der Waals surface area contributed by atoms with Crippen LogP contribution in [0, 0.1) is 0 Å². The molecule has 136 valence electrons. The Hall–Kier alpha value is -2.35. The zero-order valence-corrected chi connectivity index (χ0v) is 15.8. The summed E-state index contributed by atoms with van der Waals surface area (Å²) in [4.78, 5) is 29.5. The van der Waals surface area contributed by atoms with Crippen molar-refractivity contribution in [1.29, 1.82) is 0 Å². The lowest BCUT2D eigenvalue weighted by atomic mass is 10.2. The van der Waals surface area contributed by atoms with Gasteiger partial charge in [0.2, 0.25) is 0 Å². The molecule has 0 bridgehead atoms. The van der Waals surface area contributed by atoms with E-state index in [9.17, 15) is 9.59 Å². The predicted octanol–water partition coefficient (Wildman–Crippen LogP) is 3.67. The molecule has 1 heterocycles. The van der Waals surface area contributed by atoms with Crippen molar-refractivity contribution in [3.8, 4) is 0 Å². The van der Waals surface area contributed by atoms with Crippen LogP contribution in [0.15, 0.2) is 24.3 Å². The van der Waals surface area contributed by atoms with Gasteiger partial charge in [-0.2, -0.15) is 0 Å². The molecule has 0 saturated carbocycles. The number of fused-ring (bicyclic) bond motifs is 1. The van der Waals surface area contributed by atoms with Gasteiger partial charge in [-0.25, -0.2) is 14.6 Å². The minimum atomic E-state index is -0.513. The maximum Gasteiger partial charge on any atom is 0.410 e. The zero-order chi connectivity index (χ0) is 18.4. The van der Waals surface area contributed by atoms with Crippen LogP contribution in [0.2, 0.25) is 0 Å². The molecule has 0 saturated heterocycles. The van der Waals surface area contributed by atoms with Crippen LogP contribution < -0.4 is 10.6 Å². The van der Waals surface area contributed by atoms with Gasteiger partial charge in [0.25, 0.3) is 0 Å². The van der Waals surface area contributed by atoms with E-state index in [1.165, 1.54) is 16.2 Å². The summed E-state index contributed by atoms with van der Waals surface area (Å²) in [5, 5.41) is 6.04. The highest BCUT2D eigenvalue weighted by molar-refractivity contribution is 7.22. The number of carbonyl (C=O) groups excluding carboxylic acids is 2. The van der Waals surface area contributed by atoms with E-state index < -0.39 is 5.60 Å². The number of rotatable bonds is 5. The molecule has 0 aliphatic heterocycles. The van der Waals surface area contributed by atoms with Crippen LogP contribution in [-0.4, -0.2) is 47.7 Å². The van der Waals surface area contributed by atoms with Crippen molar-refractivity contribution in [2.24, 2.45) is 0 Å². The Kier molecular flexibility index (Phi) is 6.19. The van der Waals surface area contributed by atoms with E-state index in [2.05, 4.69) is 15.6 Å². The fourth-order valence-corrected chi connectivity index (χ4v) is 2.88. The van der Waals surface area contributed by atoms with Crippen molar-refractivity contribution in [3.05, 3.63) is 24.3 Å². The smallest absolute Gasteiger partial charge is 0.410 e. The van der Waals surface area contributed by atoms with E-state index in [1.807, 2.05) is 45.0 Å². The van der Waals surface area contributed by atoms with Crippen LogP contribution >= 0.6 is 11.3 Å². The maximum absolute atomic E-state index is 11.9. The summed E-state index contributed by atoms with van der Waals surface area (Å²) >= 11 is 1.43. The van der Waals surface area contributed by atoms with Crippen molar-refractivity contribution in [3.63, 3.8) is 0 Å². The van der Waals surface area contributed by atoms with Crippen molar-refractivity contribution < 1.29 is 14.3 Å². The number of amides is 3. The molecule has 1 aromatic heterocycles. The van der Waals surface area contributed by atoms with E-state index in [0.717, 1.165) is 10.2 Å². The quantitative estimate of drug-likeness (QED) is 0.793. The topological polar surface area (TPSA) is 83.6 Å². The molecule has 8 heteroatoms. The van der Waals surface area contributed by atoms with Crippen molar-refractivity contribution in [1.82, 2.24) is 15.2 Å². The van der Waals surface area contributed by atoms with E-state index in [-0.39, 0.29) is 12.1 Å². The van der Waals surface area contributed by atoms with Gasteiger partial charge < -0.3 is 15.0 Å². The third-order valence-electron chi connectivity index (χ3n) is 3.18. The molecule has 0 atom stereocenters. The van der Waals surface area contributed by atoms with Crippen LogP contribution in [0.1, 0.15) is 27.2 Å². The van der Waals surface area contributed by atoms with E-state index in [1.54, 1.807) is 7.05 Å². The molecule has 0 fully saturated rings. The number of aromatic nitrogens is 1. The fraction of sp³-hybridized carbons (Fsp3) is 0.471. The van der Waals surface area contributed by atoms with Gasteiger partial charge in [0.1, 0.15) is 5.60 Å². The minimum absolute atomic E-state index is 0.307. The molecule has 0 radical (unpaired) electrons. The molecule has 0 spiro atoms. The lowest BCUT2D eigenvalue weighted by molar-refractivity contribution is 0.0298. The number of anilines is 1. The number of hydrogen-bond donors (Lipinski definition) is 2. The number of benzene rings is 1. The summed E-state index contributed by atoms with van der Waals surface area (Å²) < 4.78 is 6.29. The molecule has 25 heavy (non-hydrogen) atoms. The van der Waals surface area contributed by atoms with Crippen LogP contribution in [0.5, 0.6) is 0 Å². The number of urea groups is 1. The molecule has 0 aliphatic carbocycles. The third-order valence-corrected chi connectivity index (χ3v) is 4.13. The summed E-state index contributed by atoms with van der Waals surface area (Å²) in [6.45, 7) is 6.42. The molecular formula is C17H24N4O3S. The highest BCUT2D eigenvalue weighted by Gasteiger charge is 2.19. The molecule has 2 aromatic rings. The summed E-state index contributed by atoms with van der Waals surface area (Å²) in [5.41, 5.74) is 0.350. The third kappa shape index (κ3) is 6.22. The van der Waals surface area contributed by atoms with Gasteiger partial charge in [0, 0.05) is 20.1 Å². The second kappa shape index (κ2) is 8.15. The summed E-state index contributed by atoms with van der Waals surface area (Å²) in [6.07, 6.45) is 0.259. The average Bonchev–Trinajstić information content (AvgIpc) is 2.91. The Bertz CT molecular complexity index is 706. The van der Waals surface area contributed by atoms with Crippen LogP contribution in [0.4, 0.5) is 14.7 Å². The average molecular weight is 364 g/mol. The largest absolute Gasteiger partial charge is 0.444 e. The summed E-state index contributed by atoms with van der Waals surface area (Å²) in [6, 6.07) is 7.40. The zero-order valence-electron chi connectivity index (χ0n) is 15.0. The Morgan fingerprint density at radius 2 is 2.00 bits per heavy atom. The highest BCUT2D eigenvalue weighted by Crippen LogP contribution is 2.25. The van der Waals surface area contributed by atoms with Gasteiger partial charge in [-0.3, -0.25) is 5.32 Å². The van der Waals surface area contributed by atoms with E-state index in [0.29, 0.717) is 24.6 Å². The number of hydrogen-bond acceptors (Lipinski definition) is 5. The molecule has 2 rings (SSSR count). The van der Waals surface area contributed by atoms with E-state index >= 15 is 0 Å². The Labute approximate surface area is 151 Å². The van der Waals surface area contributed by atoms with Crippen LogP contribution in [0.3, 0.4) is 0 Å². The highest BCUT2D eigenvalue weighted by atomic mass is 32.1. The SMILES string of the molecule is CN(CCCNC(=O)Nc1nc2ccccc2s1)C(=O)OC(C)(C)C. The van der Waals surface area contributed by atoms with Gasteiger partial charge in [-0.05, 0) is 39.3 Å². The molecule has 0 unspecified atom stereocenters. The predicted molar refractivity (Wildman–Crippen MR) is 100 cm³/mol.